The third-order valence-electron chi connectivity index (χ3n) is 5.19. The highest BCUT2D eigenvalue weighted by Gasteiger charge is 2.33. The van der Waals surface area contributed by atoms with E-state index in [-0.39, 0.29) is 11.3 Å². The van der Waals surface area contributed by atoms with E-state index in [1.165, 1.54) is 4.90 Å². The number of thiazole rings is 1. The smallest absolute Gasteiger partial charge is 0.357 e. The predicted molar refractivity (Wildman–Crippen MR) is 118 cm³/mol. The van der Waals surface area contributed by atoms with Gasteiger partial charge in [0.05, 0.1) is 17.2 Å². The van der Waals surface area contributed by atoms with Crippen LogP contribution in [0, 0.1) is 5.92 Å². The van der Waals surface area contributed by atoms with Gasteiger partial charge in [0.2, 0.25) is 0 Å². The van der Waals surface area contributed by atoms with E-state index in [0.29, 0.717) is 19.6 Å². The van der Waals surface area contributed by atoms with Gasteiger partial charge in [-0.15, -0.1) is 11.3 Å². The van der Waals surface area contributed by atoms with Gasteiger partial charge in [-0.25, -0.2) is 4.98 Å². The van der Waals surface area contributed by atoms with Gasteiger partial charge in [-0.3, -0.25) is 9.89 Å². The highest BCUT2D eigenvalue weighted by atomic mass is 32.1. The van der Waals surface area contributed by atoms with Crippen LogP contribution in [0.5, 0.6) is 0 Å². The molecule has 5 nitrogen and oxygen atoms in total. The van der Waals surface area contributed by atoms with Crippen molar-refractivity contribution in [3.8, 4) is 0 Å². The summed E-state index contributed by atoms with van der Waals surface area (Å²) in [5.41, 5.74) is 1.16. The van der Waals surface area contributed by atoms with Crippen LogP contribution in [-0.4, -0.2) is 72.7 Å². The zero-order chi connectivity index (χ0) is 22.4. The second kappa shape index (κ2) is 10.8. The molecule has 1 aromatic rings. The SMILES string of the molecule is CCNC(=NCCc1nc(C(C)(C)C)cs1)N1CCC(CN(CC)CC(F)(F)F)C1. The fraction of sp³-hybridized carbons (Fsp3) is 0.810. The molecule has 0 bridgehead atoms. The van der Waals surface area contributed by atoms with E-state index in [4.69, 9.17) is 9.98 Å². The summed E-state index contributed by atoms with van der Waals surface area (Å²) in [6, 6.07) is 0. The summed E-state index contributed by atoms with van der Waals surface area (Å²) in [6.45, 7) is 13.3. The van der Waals surface area contributed by atoms with Gasteiger partial charge >= 0.3 is 6.18 Å². The number of guanidine groups is 1. The number of aromatic nitrogens is 1. The topological polar surface area (TPSA) is 43.8 Å². The summed E-state index contributed by atoms with van der Waals surface area (Å²) >= 11 is 1.68. The molecule has 30 heavy (non-hydrogen) atoms. The van der Waals surface area contributed by atoms with Crippen molar-refractivity contribution in [2.75, 3.05) is 45.8 Å². The average Bonchev–Trinajstić information content (AvgIpc) is 3.28. The summed E-state index contributed by atoms with van der Waals surface area (Å²) in [6.07, 6.45) is -2.46. The molecule has 1 unspecified atom stereocenters. The van der Waals surface area contributed by atoms with E-state index in [1.807, 2.05) is 6.92 Å². The number of alkyl halides is 3. The number of aliphatic imine (C=N–C) groups is 1. The Balaban J connectivity index is 1.90. The molecule has 0 saturated carbocycles. The number of hydrogen-bond acceptors (Lipinski definition) is 4. The highest BCUT2D eigenvalue weighted by molar-refractivity contribution is 7.09. The first kappa shape index (κ1) is 24.9. The van der Waals surface area contributed by atoms with E-state index < -0.39 is 12.7 Å². The van der Waals surface area contributed by atoms with Gasteiger partial charge in [0.25, 0.3) is 0 Å². The van der Waals surface area contributed by atoms with E-state index >= 15 is 0 Å². The van der Waals surface area contributed by atoms with Crippen molar-refractivity contribution in [1.29, 1.82) is 0 Å². The molecule has 0 amide bonds. The third-order valence-corrected chi connectivity index (χ3v) is 6.10. The third kappa shape index (κ3) is 8.06. The monoisotopic (exact) mass is 447 g/mol. The molecule has 1 saturated heterocycles. The Morgan fingerprint density at radius 1 is 1.33 bits per heavy atom. The number of halogens is 3. The zero-order valence-electron chi connectivity index (χ0n) is 18.8. The summed E-state index contributed by atoms with van der Waals surface area (Å²) in [4.78, 5) is 13.2. The molecule has 1 fully saturated rings. The Hall–Kier alpha value is -1.35. The van der Waals surface area contributed by atoms with Crippen molar-refractivity contribution in [2.45, 2.75) is 59.1 Å². The number of likely N-dealkylation sites (tertiary alicyclic amines) is 1. The molecule has 172 valence electrons. The van der Waals surface area contributed by atoms with Crippen LogP contribution < -0.4 is 5.32 Å². The first-order valence-electron chi connectivity index (χ1n) is 10.8. The Bertz CT molecular complexity index is 681. The summed E-state index contributed by atoms with van der Waals surface area (Å²) < 4.78 is 38.2. The van der Waals surface area contributed by atoms with Crippen molar-refractivity contribution in [3.63, 3.8) is 0 Å². The van der Waals surface area contributed by atoms with Crippen molar-refractivity contribution in [3.05, 3.63) is 16.1 Å². The van der Waals surface area contributed by atoms with Gasteiger partial charge in [0, 0.05) is 49.9 Å². The summed E-state index contributed by atoms with van der Waals surface area (Å²) in [5, 5.41) is 6.54. The van der Waals surface area contributed by atoms with Crippen LogP contribution in [0.4, 0.5) is 13.2 Å². The molecule has 2 rings (SSSR count). The van der Waals surface area contributed by atoms with E-state index in [1.54, 1.807) is 18.3 Å². The first-order chi connectivity index (χ1) is 14.0. The van der Waals surface area contributed by atoms with Gasteiger partial charge in [-0.05, 0) is 25.8 Å². The molecular weight excluding hydrogens is 411 g/mol. The first-order valence-corrected chi connectivity index (χ1v) is 11.7. The lowest BCUT2D eigenvalue weighted by Gasteiger charge is -2.26. The lowest BCUT2D eigenvalue weighted by Crippen LogP contribution is -2.42. The van der Waals surface area contributed by atoms with Crippen molar-refractivity contribution in [2.24, 2.45) is 10.9 Å². The number of nitrogens with zero attached hydrogens (tertiary/aromatic N) is 4. The van der Waals surface area contributed by atoms with Crippen LogP contribution in [-0.2, 0) is 11.8 Å². The number of nitrogens with one attached hydrogen (secondary N) is 1. The Morgan fingerprint density at radius 2 is 2.07 bits per heavy atom. The molecule has 1 aromatic heterocycles. The van der Waals surface area contributed by atoms with Crippen LogP contribution in [0.25, 0.3) is 0 Å². The number of hydrogen-bond donors (Lipinski definition) is 1. The maximum Gasteiger partial charge on any atom is 0.401 e. The fourth-order valence-electron chi connectivity index (χ4n) is 3.55. The second-order valence-corrected chi connectivity index (χ2v) is 9.85. The van der Waals surface area contributed by atoms with Crippen molar-refractivity contribution in [1.82, 2.24) is 20.1 Å². The number of rotatable bonds is 8. The van der Waals surface area contributed by atoms with Crippen LogP contribution >= 0.6 is 11.3 Å². The Kier molecular flexibility index (Phi) is 8.97. The average molecular weight is 448 g/mol. The van der Waals surface area contributed by atoms with Gasteiger partial charge < -0.3 is 10.2 Å². The molecule has 0 spiro atoms. The molecule has 2 heterocycles. The minimum absolute atomic E-state index is 0.0516. The molecule has 0 radical (unpaired) electrons. The van der Waals surface area contributed by atoms with Gasteiger partial charge in [0.1, 0.15) is 0 Å². The van der Waals surface area contributed by atoms with Gasteiger partial charge in [-0.2, -0.15) is 13.2 Å². The molecule has 1 N–H and O–H groups in total. The lowest BCUT2D eigenvalue weighted by molar-refractivity contribution is -0.146. The quantitative estimate of drug-likeness (QED) is 0.480. The molecule has 0 aromatic carbocycles. The highest BCUT2D eigenvalue weighted by Crippen LogP contribution is 2.24. The fourth-order valence-corrected chi connectivity index (χ4v) is 4.57. The minimum Gasteiger partial charge on any atom is -0.357 e. The van der Waals surface area contributed by atoms with E-state index in [0.717, 1.165) is 49.1 Å². The molecule has 0 aliphatic carbocycles. The standard InChI is InChI=1S/C21H36F3N5S/c1-6-25-19(26-10-8-18-27-17(14-30-18)20(3,4)5)29-11-9-16(13-29)12-28(7-2)15-21(22,23)24/h14,16H,6-13,15H2,1-5H3,(H,25,26). The van der Waals surface area contributed by atoms with Crippen LogP contribution in [0.15, 0.2) is 10.4 Å². The molecule has 1 aliphatic heterocycles. The van der Waals surface area contributed by atoms with Gasteiger partial charge in [-0.1, -0.05) is 27.7 Å². The maximum atomic E-state index is 12.7. The molecule has 1 aliphatic rings. The Labute approximate surface area is 182 Å². The Morgan fingerprint density at radius 3 is 2.63 bits per heavy atom. The zero-order valence-corrected chi connectivity index (χ0v) is 19.7. The maximum absolute atomic E-state index is 12.7. The van der Waals surface area contributed by atoms with E-state index in [2.05, 4.69) is 36.4 Å². The van der Waals surface area contributed by atoms with Crippen LogP contribution in [0.1, 0.15) is 51.7 Å². The normalized spacial score (nSPS) is 18.5. The molecule has 9 heteroatoms. The lowest BCUT2D eigenvalue weighted by atomic mass is 9.93. The van der Waals surface area contributed by atoms with Crippen molar-refractivity contribution >= 4 is 17.3 Å². The van der Waals surface area contributed by atoms with Crippen LogP contribution in [0.2, 0.25) is 0 Å². The summed E-state index contributed by atoms with van der Waals surface area (Å²) in [5.74, 6) is 1.08. The summed E-state index contributed by atoms with van der Waals surface area (Å²) in [7, 11) is 0. The largest absolute Gasteiger partial charge is 0.401 e. The molecule has 1 atom stereocenters. The van der Waals surface area contributed by atoms with Gasteiger partial charge in [0.15, 0.2) is 5.96 Å². The molecular formula is C21H36F3N5S. The second-order valence-electron chi connectivity index (χ2n) is 8.91. The predicted octanol–water partition coefficient (Wildman–Crippen LogP) is 4.15. The van der Waals surface area contributed by atoms with Crippen LogP contribution in [0.3, 0.4) is 0 Å². The van der Waals surface area contributed by atoms with Crippen molar-refractivity contribution < 1.29 is 13.2 Å². The van der Waals surface area contributed by atoms with E-state index in [9.17, 15) is 13.2 Å². The minimum atomic E-state index is -4.15.